The fourth-order valence-corrected chi connectivity index (χ4v) is 4.17. The van der Waals surface area contributed by atoms with E-state index in [4.69, 9.17) is 16.3 Å². The third kappa shape index (κ3) is 4.50. The first-order valence-corrected chi connectivity index (χ1v) is 9.75. The zero-order valence-corrected chi connectivity index (χ0v) is 16.0. The number of hydrogen-bond acceptors (Lipinski definition) is 4. The van der Waals surface area contributed by atoms with E-state index in [2.05, 4.69) is 9.64 Å². The molecule has 0 radical (unpaired) electrons. The van der Waals surface area contributed by atoms with Crippen molar-refractivity contribution in [1.29, 1.82) is 0 Å². The second-order valence-corrected chi connectivity index (χ2v) is 7.54. The molecule has 1 unspecified atom stereocenters. The van der Waals surface area contributed by atoms with Gasteiger partial charge in [0.2, 0.25) is 5.91 Å². The highest BCUT2D eigenvalue weighted by Crippen LogP contribution is 2.32. The van der Waals surface area contributed by atoms with Gasteiger partial charge >= 0.3 is 5.97 Å². The SMILES string of the molecule is COC(=O)COc1ccc(Cl)c(CC2CCN(C3CCCCC3)C2=O)c1. The molecule has 1 aromatic rings. The second kappa shape index (κ2) is 8.76. The molecule has 0 bridgehead atoms. The Hall–Kier alpha value is -1.75. The smallest absolute Gasteiger partial charge is 0.343 e. The molecule has 1 heterocycles. The maximum absolute atomic E-state index is 12.8. The summed E-state index contributed by atoms with van der Waals surface area (Å²) in [5, 5.41) is 0.624. The Morgan fingerprint density at radius 2 is 2.00 bits per heavy atom. The van der Waals surface area contributed by atoms with Gasteiger partial charge in [-0.2, -0.15) is 0 Å². The number of nitrogens with zero attached hydrogens (tertiary/aromatic N) is 1. The number of ether oxygens (including phenoxy) is 2. The number of hydrogen-bond donors (Lipinski definition) is 0. The third-order valence-electron chi connectivity index (χ3n) is 5.43. The van der Waals surface area contributed by atoms with Gasteiger partial charge in [0.1, 0.15) is 5.75 Å². The standard InChI is InChI=1S/C20H26ClNO4/c1-25-19(23)13-26-17-7-8-18(21)15(12-17)11-14-9-10-22(20(14)24)16-5-3-2-4-6-16/h7-8,12,14,16H,2-6,9-11,13H2,1H3. The Labute approximate surface area is 159 Å². The number of carbonyl (C=O) groups is 2. The van der Waals surface area contributed by atoms with Crippen LogP contribution in [0.2, 0.25) is 5.02 Å². The normalized spacial score (nSPS) is 21.1. The molecular formula is C20H26ClNO4. The fourth-order valence-electron chi connectivity index (χ4n) is 3.97. The molecule has 0 N–H and O–H groups in total. The summed E-state index contributed by atoms with van der Waals surface area (Å²) in [4.78, 5) is 26.2. The van der Waals surface area contributed by atoms with Crippen molar-refractivity contribution in [3.05, 3.63) is 28.8 Å². The van der Waals surface area contributed by atoms with Crippen molar-refractivity contribution in [3.8, 4) is 5.75 Å². The molecule has 0 spiro atoms. The lowest BCUT2D eigenvalue weighted by atomic mass is 9.94. The van der Waals surface area contributed by atoms with Crippen LogP contribution in [0.4, 0.5) is 0 Å². The van der Waals surface area contributed by atoms with Gasteiger partial charge in [-0.1, -0.05) is 30.9 Å². The molecule has 5 nitrogen and oxygen atoms in total. The lowest BCUT2D eigenvalue weighted by molar-refractivity contribution is -0.143. The Kier molecular flexibility index (Phi) is 6.41. The van der Waals surface area contributed by atoms with Crippen LogP contribution in [-0.4, -0.2) is 43.1 Å². The molecule has 1 atom stereocenters. The van der Waals surface area contributed by atoms with Crippen molar-refractivity contribution >= 4 is 23.5 Å². The van der Waals surface area contributed by atoms with E-state index in [0.717, 1.165) is 31.4 Å². The Morgan fingerprint density at radius 1 is 1.23 bits per heavy atom. The minimum Gasteiger partial charge on any atom is -0.482 e. The summed E-state index contributed by atoms with van der Waals surface area (Å²) in [5.74, 6) is 0.360. The number of esters is 1. The van der Waals surface area contributed by atoms with Crippen molar-refractivity contribution in [1.82, 2.24) is 4.90 Å². The Morgan fingerprint density at radius 3 is 2.73 bits per heavy atom. The minimum atomic E-state index is -0.435. The van der Waals surface area contributed by atoms with Crippen molar-refractivity contribution in [2.24, 2.45) is 5.92 Å². The number of amides is 1. The van der Waals surface area contributed by atoms with E-state index in [-0.39, 0.29) is 18.4 Å². The number of methoxy groups -OCH3 is 1. The van der Waals surface area contributed by atoms with E-state index in [1.807, 2.05) is 6.07 Å². The molecular weight excluding hydrogens is 354 g/mol. The predicted molar refractivity (Wildman–Crippen MR) is 99.4 cm³/mol. The zero-order chi connectivity index (χ0) is 18.5. The summed E-state index contributed by atoms with van der Waals surface area (Å²) in [7, 11) is 1.32. The van der Waals surface area contributed by atoms with E-state index < -0.39 is 5.97 Å². The maximum atomic E-state index is 12.8. The van der Waals surface area contributed by atoms with Gasteiger partial charge in [-0.15, -0.1) is 0 Å². The molecule has 1 saturated heterocycles. The Balaban J connectivity index is 1.63. The van der Waals surface area contributed by atoms with E-state index >= 15 is 0 Å². The average Bonchev–Trinajstić information content (AvgIpc) is 3.03. The lowest BCUT2D eigenvalue weighted by Gasteiger charge is -2.31. The summed E-state index contributed by atoms with van der Waals surface area (Å²) < 4.78 is 10.0. The van der Waals surface area contributed by atoms with Gasteiger partial charge < -0.3 is 14.4 Å². The van der Waals surface area contributed by atoms with Crippen LogP contribution in [0.25, 0.3) is 0 Å². The third-order valence-corrected chi connectivity index (χ3v) is 5.80. The number of rotatable bonds is 6. The van der Waals surface area contributed by atoms with Gasteiger partial charge in [-0.3, -0.25) is 4.79 Å². The van der Waals surface area contributed by atoms with Gasteiger partial charge in [-0.25, -0.2) is 4.79 Å². The fraction of sp³-hybridized carbons (Fsp3) is 0.600. The van der Waals surface area contributed by atoms with Crippen molar-refractivity contribution < 1.29 is 19.1 Å². The summed E-state index contributed by atoms with van der Waals surface area (Å²) in [5.41, 5.74) is 0.887. The van der Waals surface area contributed by atoms with Gasteiger partial charge in [0.05, 0.1) is 7.11 Å². The topological polar surface area (TPSA) is 55.8 Å². The zero-order valence-electron chi connectivity index (χ0n) is 15.2. The summed E-state index contributed by atoms with van der Waals surface area (Å²) in [6.45, 7) is 0.708. The average molecular weight is 380 g/mol. The van der Waals surface area contributed by atoms with Gasteiger partial charge in [0.15, 0.2) is 6.61 Å². The van der Waals surface area contributed by atoms with Crippen LogP contribution in [-0.2, 0) is 20.7 Å². The summed E-state index contributed by atoms with van der Waals surface area (Å²) in [6.07, 6.45) is 7.49. The largest absolute Gasteiger partial charge is 0.482 e. The number of likely N-dealkylation sites (tertiary alicyclic amines) is 1. The summed E-state index contributed by atoms with van der Waals surface area (Å²) in [6, 6.07) is 5.72. The van der Waals surface area contributed by atoms with Gasteiger partial charge in [0.25, 0.3) is 0 Å². The van der Waals surface area contributed by atoms with Crippen LogP contribution < -0.4 is 4.74 Å². The van der Waals surface area contributed by atoms with Crippen LogP contribution in [0.3, 0.4) is 0 Å². The molecule has 6 heteroatoms. The summed E-state index contributed by atoms with van der Waals surface area (Å²) >= 11 is 6.33. The molecule has 1 aliphatic carbocycles. The van der Waals surface area contributed by atoms with E-state index in [9.17, 15) is 9.59 Å². The monoisotopic (exact) mass is 379 g/mol. The molecule has 2 aliphatic rings. The first-order valence-electron chi connectivity index (χ1n) is 9.37. The molecule has 1 aromatic carbocycles. The molecule has 1 saturated carbocycles. The minimum absolute atomic E-state index is 0.0229. The van der Waals surface area contributed by atoms with E-state index in [1.54, 1.807) is 12.1 Å². The van der Waals surface area contributed by atoms with Crippen molar-refractivity contribution in [3.63, 3.8) is 0 Å². The van der Waals surface area contributed by atoms with Crippen LogP contribution >= 0.6 is 11.6 Å². The Bertz CT molecular complexity index is 657. The van der Waals surface area contributed by atoms with Gasteiger partial charge in [0, 0.05) is 23.5 Å². The van der Waals surface area contributed by atoms with Crippen LogP contribution in [0, 0.1) is 5.92 Å². The molecule has 1 amide bonds. The molecule has 2 fully saturated rings. The van der Waals surface area contributed by atoms with Crippen molar-refractivity contribution in [2.45, 2.75) is 51.0 Å². The van der Waals surface area contributed by atoms with Crippen LogP contribution in [0.5, 0.6) is 5.75 Å². The molecule has 3 rings (SSSR count). The number of benzene rings is 1. The van der Waals surface area contributed by atoms with Crippen molar-refractivity contribution in [2.75, 3.05) is 20.3 Å². The first-order chi connectivity index (χ1) is 12.6. The second-order valence-electron chi connectivity index (χ2n) is 7.13. The lowest BCUT2D eigenvalue weighted by Crippen LogP contribution is -2.39. The van der Waals surface area contributed by atoms with E-state index in [1.165, 1.54) is 26.4 Å². The van der Waals surface area contributed by atoms with Gasteiger partial charge in [-0.05, 0) is 49.4 Å². The molecule has 142 valence electrons. The molecule has 0 aromatic heterocycles. The molecule has 1 aliphatic heterocycles. The first kappa shape index (κ1) is 19.0. The maximum Gasteiger partial charge on any atom is 0.343 e. The quantitative estimate of drug-likeness (QED) is 0.708. The highest BCUT2D eigenvalue weighted by Gasteiger charge is 2.36. The van der Waals surface area contributed by atoms with E-state index in [0.29, 0.717) is 23.2 Å². The molecule has 26 heavy (non-hydrogen) atoms. The number of carbonyl (C=O) groups excluding carboxylic acids is 2. The highest BCUT2D eigenvalue weighted by molar-refractivity contribution is 6.31. The number of halogens is 1. The predicted octanol–water partition coefficient (Wildman–Crippen LogP) is 3.62. The van der Waals surface area contributed by atoms with Crippen LogP contribution in [0.15, 0.2) is 18.2 Å². The van der Waals surface area contributed by atoms with Crippen LogP contribution in [0.1, 0.15) is 44.1 Å². The highest BCUT2D eigenvalue weighted by atomic mass is 35.5.